The second-order valence-electron chi connectivity index (χ2n) is 6.28. The first kappa shape index (κ1) is 26.7. The molecule has 0 aliphatic heterocycles. The van der Waals surface area contributed by atoms with E-state index in [0.717, 1.165) is 16.9 Å². The zero-order valence-electron chi connectivity index (χ0n) is 19.1. The maximum Gasteiger partial charge on any atom is 0.348 e. The molecule has 0 aliphatic carbocycles. The Morgan fingerprint density at radius 1 is 0.788 bits per heavy atom. The third kappa shape index (κ3) is 7.99. The zero-order valence-corrected chi connectivity index (χ0v) is 19.1. The summed E-state index contributed by atoms with van der Waals surface area (Å²) >= 11 is 0. The molecule has 0 spiro atoms. The highest BCUT2D eigenvalue weighted by atomic mass is 16.5. The maximum absolute atomic E-state index is 11.4. The molecular formula is C25H25NO7. The molecule has 0 heterocycles. The largest absolute Gasteiger partial charge is 0.497 e. The highest BCUT2D eigenvalue weighted by Crippen LogP contribution is 2.21. The monoisotopic (exact) mass is 451 g/mol. The van der Waals surface area contributed by atoms with Gasteiger partial charge in [-0.3, -0.25) is 0 Å². The Balaban J connectivity index is 0.000000331. The van der Waals surface area contributed by atoms with Gasteiger partial charge in [0, 0.05) is 0 Å². The van der Waals surface area contributed by atoms with E-state index in [4.69, 9.17) is 10.00 Å². The fraction of sp³-hybridized carbons (Fsp3) is 0.200. The summed E-state index contributed by atoms with van der Waals surface area (Å²) in [6.07, 6.45) is 1.43. The van der Waals surface area contributed by atoms with Crippen LogP contribution in [0.2, 0.25) is 0 Å². The lowest BCUT2D eigenvalue weighted by Gasteiger charge is -2.05. The summed E-state index contributed by atoms with van der Waals surface area (Å²) in [6.45, 7) is 1.71. The van der Waals surface area contributed by atoms with E-state index in [1.807, 2.05) is 12.1 Å². The number of nitrogens with zero attached hydrogens (tertiary/aromatic N) is 1. The number of hydrogen-bond acceptors (Lipinski definition) is 8. The lowest BCUT2D eigenvalue weighted by Crippen LogP contribution is -2.15. The molecule has 0 saturated carbocycles. The van der Waals surface area contributed by atoms with Crippen molar-refractivity contribution in [2.45, 2.75) is 6.92 Å². The summed E-state index contributed by atoms with van der Waals surface area (Å²) in [5, 5.41) is 8.93. The van der Waals surface area contributed by atoms with E-state index in [1.165, 1.54) is 27.4 Å². The Hall–Kier alpha value is -4.38. The van der Waals surface area contributed by atoms with Crippen LogP contribution in [0.25, 0.3) is 11.6 Å². The minimum absolute atomic E-state index is 0.0117. The van der Waals surface area contributed by atoms with Crippen molar-refractivity contribution in [1.29, 1.82) is 5.26 Å². The van der Waals surface area contributed by atoms with Gasteiger partial charge in [-0.15, -0.1) is 0 Å². The molecule has 2 aromatic rings. The lowest BCUT2D eigenvalue weighted by atomic mass is 10.0. The van der Waals surface area contributed by atoms with E-state index in [0.29, 0.717) is 5.57 Å². The predicted octanol–water partition coefficient (Wildman–Crippen LogP) is 3.58. The number of methoxy groups -OCH3 is 4. The van der Waals surface area contributed by atoms with Gasteiger partial charge in [-0.25, -0.2) is 14.4 Å². The normalized spacial score (nSPS) is 10.2. The summed E-state index contributed by atoms with van der Waals surface area (Å²) in [5.41, 5.74) is 1.98. The molecule has 0 atom stereocenters. The summed E-state index contributed by atoms with van der Waals surface area (Å²) in [6, 6.07) is 18.0. The van der Waals surface area contributed by atoms with Gasteiger partial charge in [0.05, 0.1) is 28.4 Å². The second kappa shape index (κ2) is 13.8. The first-order valence-corrected chi connectivity index (χ1v) is 9.59. The van der Waals surface area contributed by atoms with E-state index in [9.17, 15) is 14.4 Å². The van der Waals surface area contributed by atoms with Crippen LogP contribution in [0.15, 0.2) is 65.7 Å². The summed E-state index contributed by atoms with van der Waals surface area (Å²) in [7, 11) is 5.25. The SMILES string of the molecule is COC(=O)/C(C#N)=C(\C)c1ccc(OC)cc1.COC(=O)C(=Cc1ccccc1)C(=O)OC. The Morgan fingerprint density at radius 2 is 1.30 bits per heavy atom. The van der Waals surface area contributed by atoms with Crippen LogP contribution >= 0.6 is 0 Å². The van der Waals surface area contributed by atoms with Gasteiger partial charge in [-0.05, 0) is 41.8 Å². The average Bonchev–Trinajstić information content (AvgIpc) is 2.87. The molecule has 33 heavy (non-hydrogen) atoms. The molecule has 0 bridgehead atoms. The maximum atomic E-state index is 11.4. The highest BCUT2D eigenvalue weighted by molar-refractivity contribution is 6.17. The minimum atomic E-state index is -0.712. The van der Waals surface area contributed by atoms with Crippen molar-refractivity contribution < 1.29 is 33.3 Å². The van der Waals surface area contributed by atoms with E-state index >= 15 is 0 Å². The number of hydrogen-bond donors (Lipinski definition) is 0. The molecule has 0 amide bonds. The number of benzene rings is 2. The van der Waals surface area contributed by atoms with Gasteiger partial charge in [-0.2, -0.15) is 5.26 Å². The third-order valence-corrected chi connectivity index (χ3v) is 4.32. The van der Waals surface area contributed by atoms with Gasteiger partial charge in [0.2, 0.25) is 0 Å². The standard InChI is InChI=1S/C13H13NO3.C12H12O4/c1-9(12(8-14)13(15)17-3)10-4-6-11(16-2)7-5-10;1-15-11(13)10(12(14)16-2)8-9-6-4-3-5-7-9/h4-7H,1-3H3;3-8H,1-2H3/b12-9+;. The highest BCUT2D eigenvalue weighted by Gasteiger charge is 2.19. The number of esters is 3. The average molecular weight is 451 g/mol. The van der Waals surface area contributed by atoms with E-state index in [1.54, 1.807) is 62.6 Å². The Kier molecular flexibility index (Phi) is 11.2. The van der Waals surface area contributed by atoms with Crippen molar-refractivity contribution in [2.75, 3.05) is 28.4 Å². The summed E-state index contributed by atoms with van der Waals surface area (Å²) < 4.78 is 18.6. The lowest BCUT2D eigenvalue weighted by molar-refractivity contribution is -0.144. The molecule has 0 aromatic heterocycles. The second-order valence-corrected chi connectivity index (χ2v) is 6.28. The van der Waals surface area contributed by atoms with Gasteiger partial charge < -0.3 is 18.9 Å². The van der Waals surface area contributed by atoms with Crippen LogP contribution in [0.1, 0.15) is 18.1 Å². The first-order valence-electron chi connectivity index (χ1n) is 9.59. The fourth-order valence-corrected chi connectivity index (χ4v) is 2.51. The topological polar surface area (TPSA) is 112 Å². The molecular weight excluding hydrogens is 426 g/mol. The van der Waals surface area contributed by atoms with Crippen molar-refractivity contribution >= 4 is 29.6 Å². The van der Waals surface area contributed by atoms with E-state index in [-0.39, 0.29) is 11.1 Å². The minimum Gasteiger partial charge on any atom is -0.497 e. The van der Waals surface area contributed by atoms with Crippen molar-refractivity contribution in [3.63, 3.8) is 0 Å². The van der Waals surface area contributed by atoms with E-state index in [2.05, 4.69) is 14.2 Å². The van der Waals surface area contributed by atoms with Crippen molar-refractivity contribution in [3.8, 4) is 11.8 Å². The summed E-state index contributed by atoms with van der Waals surface area (Å²) in [4.78, 5) is 34.0. The molecule has 8 nitrogen and oxygen atoms in total. The van der Waals surface area contributed by atoms with Crippen LogP contribution in [-0.2, 0) is 28.6 Å². The molecule has 0 unspecified atom stereocenters. The van der Waals surface area contributed by atoms with Gasteiger partial charge in [-0.1, -0.05) is 42.5 Å². The number of ether oxygens (including phenoxy) is 4. The number of nitriles is 1. The van der Waals surface area contributed by atoms with Gasteiger partial charge in [0.25, 0.3) is 0 Å². The van der Waals surface area contributed by atoms with Crippen LogP contribution in [0.3, 0.4) is 0 Å². The van der Waals surface area contributed by atoms with Crippen LogP contribution < -0.4 is 4.74 Å². The molecule has 2 aromatic carbocycles. The molecule has 0 saturated heterocycles. The van der Waals surface area contributed by atoms with Crippen LogP contribution in [-0.4, -0.2) is 46.3 Å². The Bertz CT molecular complexity index is 1040. The van der Waals surface area contributed by atoms with Gasteiger partial charge in [0.15, 0.2) is 0 Å². The van der Waals surface area contributed by atoms with Crippen molar-refractivity contribution in [1.82, 2.24) is 0 Å². The van der Waals surface area contributed by atoms with Crippen LogP contribution in [0, 0.1) is 11.3 Å². The van der Waals surface area contributed by atoms with Crippen LogP contribution in [0.4, 0.5) is 0 Å². The quantitative estimate of drug-likeness (QED) is 0.164. The molecule has 2 rings (SSSR count). The number of allylic oxidation sites excluding steroid dienone is 1. The predicted molar refractivity (Wildman–Crippen MR) is 122 cm³/mol. The van der Waals surface area contributed by atoms with Gasteiger partial charge in [0.1, 0.15) is 23.0 Å². The molecule has 8 heteroatoms. The number of carbonyl (C=O) groups excluding carboxylic acids is 3. The zero-order chi connectivity index (χ0) is 24.8. The van der Waals surface area contributed by atoms with Crippen molar-refractivity contribution in [3.05, 3.63) is 76.9 Å². The molecule has 172 valence electrons. The Morgan fingerprint density at radius 3 is 1.73 bits per heavy atom. The summed E-state index contributed by atoms with van der Waals surface area (Å²) in [5.74, 6) is -1.33. The first-order chi connectivity index (χ1) is 15.8. The molecule has 0 N–H and O–H groups in total. The smallest absolute Gasteiger partial charge is 0.348 e. The molecule has 0 fully saturated rings. The Labute approximate surface area is 192 Å². The van der Waals surface area contributed by atoms with Crippen molar-refractivity contribution in [2.24, 2.45) is 0 Å². The number of carbonyl (C=O) groups is 3. The van der Waals surface area contributed by atoms with E-state index < -0.39 is 17.9 Å². The molecule has 0 radical (unpaired) electrons. The molecule has 0 aliphatic rings. The number of rotatable bonds is 6. The fourth-order valence-electron chi connectivity index (χ4n) is 2.51. The van der Waals surface area contributed by atoms with Crippen LogP contribution in [0.5, 0.6) is 5.75 Å². The third-order valence-electron chi connectivity index (χ3n) is 4.32. The van der Waals surface area contributed by atoms with Gasteiger partial charge >= 0.3 is 17.9 Å².